The molecular weight excluding hydrogens is 322 g/mol. The molecular formula is C7H3Br2NS2. The Labute approximate surface area is 94.7 Å². The van der Waals surface area contributed by atoms with Crippen molar-refractivity contribution in [2.75, 3.05) is 0 Å². The molecule has 0 aliphatic carbocycles. The molecule has 0 aromatic carbocycles. The van der Waals surface area contributed by atoms with Crippen molar-refractivity contribution in [3.8, 4) is 10.6 Å². The molecule has 0 spiro atoms. The Morgan fingerprint density at radius 3 is 2.50 bits per heavy atom. The van der Waals surface area contributed by atoms with Gasteiger partial charge >= 0.3 is 0 Å². The van der Waals surface area contributed by atoms with Gasteiger partial charge in [0.05, 0.1) is 0 Å². The number of thiophene rings is 1. The molecule has 0 atom stereocenters. The van der Waals surface area contributed by atoms with Crippen molar-refractivity contribution in [3.05, 3.63) is 25.2 Å². The third-order valence-electron chi connectivity index (χ3n) is 1.32. The Hall–Kier alpha value is 0.290. The lowest BCUT2D eigenvalue weighted by Gasteiger charge is -1.89. The van der Waals surface area contributed by atoms with Crippen LogP contribution in [0.3, 0.4) is 0 Å². The molecule has 0 amide bonds. The molecule has 0 aliphatic heterocycles. The maximum Gasteiger partial charge on any atom is 0.126 e. The minimum absolute atomic E-state index is 0.903. The molecule has 2 rings (SSSR count). The van der Waals surface area contributed by atoms with Crippen LogP contribution in [0.4, 0.5) is 0 Å². The van der Waals surface area contributed by atoms with Gasteiger partial charge in [0.1, 0.15) is 9.61 Å². The molecule has 12 heavy (non-hydrogen) atoms. The fourth-order valence-corrected chi connectivity index (χ4v) is 3.77. The fraction of sp³-hybridized carbons (Fsp3) is 0. The largest absolute Gasteiger partial charge is 0.229 e. The average Bonchev–Trinajstić information content (AvgIpc) is 2.58. The van der Waals surface area contributed by atoms with Crippen molar-refractivity contribution in [2.24, 2.45) is 0 Å². The molecule has 0 aliphatic rings. The third kappa shape index (κ3) is 1.64. The summed E-state index contributed by atoms with van der Waals surface area (Å²) in [5.74, 6) is 0. The van der Waals surface area contributed by atoms with Crippen molar-refractivity contribution < 1.29 is 0 Å². The second-order valence-electron chi connectivity index (χ2n) is 2.11. The predicted molar refractivity (Wildman–Crippen MR) is 60.8 cm³/mol. The maximum atomic E-state index is 4.33. The molecule has 62 valence electrons. The number of hydrogen-bond acceptors (Lipinski definition) is 3. The highest BCUT2D eigenvalue weighted by atomic mass is 79.9. The molecule has 0 unspecified atom stereocenters. The van der Waals surface area contributed by atoms with Gasteiger partial charge in [0, 0.05) is 26.2 Å². The van der Waals surface area contributed by atoms with E-state index in [1.165, 1.54) is 5.56 Å². The first-order valence-corrected chi connectivity index (χ1v) is 6.51. The van der Waals surface area contributed by atoms with Gasteiger partial charge in [0.2, 0.25) is 0 Å². The van der Waals surface area contributed by atoms with Crippen LogP contribution < -0.4 is 0 Å². The molecule has 0 fully saturated rings. The number of nitrogens with zero attached hydrogens (tertiary/aromatic N) is 1. The quantitative estimate of drug-likeness (QED) is 0.757. The number of hydrogen-bond donors (Lipinski definition) is 0. The van der Waals surface area contributed by atoms with Crippen LogP contribution in [-0.4, -0.2) is 4.98 Å². The molecule has 0 saturated carbocycles. The number of rotatable bonds is 1. The number of halogens is 2. The van der Waals surface area contributed by atoms with Gasteiger partial charge in [-0.05, 0) is 31.9 Å². The van der Waals surface area contributed by atoms with E-state index in [0.717, 1.165) is 14.1 Å². The van der Waals surface area contributed by atoms with Crippen LogP contribution in [0.15, 0.2) is 25.2 Å². The predicted octanol–water partition coefficient (Wildman–Crippen LogP) is 4.40. The monoisotopic (exact) mass is 323 g/mol. The highest BCUT2D eigenvalue weighted by Crippen LogP contribution is 2.34. The van der Waals surface area contributed by atoms with Crippen molar-refractivity contribution in [3.63, 3.8) is 0 Å². The van der Waals surface area contributed by atoms with E-state index in [4.69, 9.17) is 0 Å². The summed E-state index contributed by atoms with van der Waals surface area (Å²) in [5, 5.41) is 7.19. The Balaban J connectivity index is 2.50. The summed E-state index contributed by atoms with van der Waals surface area (Å²) in [6.07, 6.45) is 0. The lowest BCUT2D eigenvalue weighted by atomic mass is 10.4. The van der Waals surface area contributed by atoms with Crippen LogP contribution in [0.2, 0.25) is 0 Å². The van der Waals surface area contributed by atoms with Gasteiger partial charge in [-0.2, -0.15) is 11.3 Å². The summed E-state index contributed by atoms with van der Waals surface area (Å²) in [4.78, 5) is 4.33. The first-order chi connectivity index (χ1) is 5.77. The lowest BCUT2D eigenvalue weighted by molar-refractivity contribution is 1.36. The summed E-state index contributed by atoms with van der Waals surface area (Å²) in [7, 11) is 0. The Morgan fingerprint density at radius 1 is 1.17 bits per heavy atom. The summed E-state index contributed by atoms with van der Waals surface area (Å²) in [6.45, 7) is 0. The normalized spacial score (nSPS) is 10.5. The van der Waals surface area contributed by atoms with Gasteiger partial charge < -0.3 is 0 Å². The first-order valence-electron chi connectivity index (χ1n) is 3.10. The maximum absolute atomic E-state index is 4.33. The Kier molecular flexibility index (Phi) is 2.64. The van der Waals surface area contributed by atoms with Crippen molar-refractivity contribution >= 4 is 54.5 Å². The molecule has 2 aromatic heterocycles. The molecule has 0 radical (unpaired) electrons. The van der Waals surface area contributed by atoms with Crippen LogP contribution in [0.5, 0.6) is 0 Å². The second kappa shape index (κ2) is 3.57. The SMILES string of the molecule is Brc1csc(-c2cscc2Br)n1. The van der Waals surface area contributed by atoms with Gasteiger partial charge in [-0.1, -0.05) is 0 Å². The highest BCUT2D eigenvalue weighted by Gasteiger charge is 2.07. The van der Waals surface area contributed by atoms with Crippen molar-refractivity contribution in [1.29, 1.82) is 0 Å². The fourth-order valence-electron chi connectivity index (χ4n) is 0.812. The van der Waals surface area contributed by atoms with E-state index in [-0.39, 0.29) is 0 Å². The smallest absolute Gasteiger partial charge is 0.126 e. The van der Waals surface area contributed by atoms with E-state index >= 15 is 0 Å². The number of aromatic nitrogens is 1. The van der Waals surface area contributed by atoms with E-state index in [1.807, 2.05) is 5.38 Å². The molecule has 2 aromatic rings. The van der Waals surface area contributed by atoms with Crippen LogP contribution >= 0.6 is 54.5 Å². The highest BCUT2D eigenvalue weighted by molar-refractivity contribution is 9.10. The summed E-state index contributed by atoms with van der Waals surface area (Å²) >= 11 is 10.1. The molecule has 2 heterocycles. The van der Waals surface area contributed by atoms with E-state index in [9.17, 15) is 0 Å². The molecule has 0 saturated heterocycles. The van der Waals surface area contributed by atoms with Gasteiger partial charge in [-0.15, -0.1) is 11.3 Å². The van der Waals surface area contributed by atoms with E-state index in [0.29, 0.717) is 0 Å². The summed E-state index contributed by atoms with van der Waals surface area (Å²) in [6, 6.07) is 0. The van der Waals surface area contributed by atoms with Gasteiger partial charge in [-0.25, -0.2) is 4.98 Å². The van der Waals surface area contributed by atoms with Crippen LogP contribution in [0.1, 0.15) is 0 Å². The topological polar surface area (TPSA) is 12.9 Å². The van der Waals surface area contributed by atoms with E-state index in [2.05, 4.69) is 47.6 Å². The standard InChI is InChI=1S/C7H3Br2NS2/c8-5-2-11-1-4(5)7-10-6(9)3-12-7/h1-3H. The van der Waals surface area contributed by atoms with Crippen LogP contribution in [-0.2, 0) is 0 Å². The van der Waals surface area contributed by atoms with Gasteiger partial charge in [0.25, 0.3) is 0 Å². The third-order valence-corrected chi connectivity index (χ3v) is 4.61. The second-order valence-corrected chi connectivity index (χ2v) is 5.38. The minimum atomic E-state index is 0.903. The van der Waals surface area contributed by atoms with Gasteiger partial charge in [0.15, 0.2) is 0 Å². The van der Waals surface area contributed by atoms with Gasteiger partial charge in [-0.3, -0.25) is 0 Å². The minimum Gasteiger partial charge on any atom is -0.229 e. The van der Waals surface area contributed by atoms with Crippen LogP contribution in [0.25, 0.3) is 10.6 Å². The molecule has 1 nitrogen and oxygen atoms in total. The number of thiazole rings is 1. The lowest BCUT2D eigenvalue weighted by Crippen LogP contribution is -1.70. The molecule has 5 heteroatoms. The van der Waals surface area contributed by atoms with E-state index < -0.39 is 0 Å². The summed E-state index contributed by atoms with van der Waals surface area (Å²) in [5.41, 5.74) is 1.18. The van der Waals surface area contributed by atoms with Crippen molar-refractivity contribution in [2.45, 2.75) is 0 Å². The Morgan fingerprint density at radius 2 is 2.00 bits per heavy atom. The zero-order chi connectivity index (χ0) is 8.55. The average molecular weight is 325 g/mol. The first kappa shape index (κ1) is 8.87. The van der Waals surface area contributed by atoms with Crippen LogP contribution in [0, 0.1) is 0 Å². The van der Waals surface area contributed by atoms with Crippen molar-refractivity contribution in [1.82, 2.24) is 4.98 Å². The Bertz CT molecular complexity index is 394. The molecule has 0 N–H and O–H groups in total. The zero-order valence-corrected chi connectivity index (χ0v) is 10.6. The zero-order valence-electron chi connectivity index (χ0n) is 5.75. The van der Waals surface area contributed by atoms with E-state index in [1.54, 1.807) is 22.7 Å². The summed E-state index contributed by atoms with van der Waals surface area (Å²) < 4.78 is 2.02. The molecule has 0 bridgehead atoms.